The molecule has 4 rings (SSSR count). The van der Waals surface area contributed by atoms with Gasteiger partial charge in [-0.25, -0.2) is 9.59 Å². The van der Waals surface area contributed by atoms with Crippen molar-refractivity contribution in [1.29, 1.82) is 0 Å². The normalized spacial score (nSPS) is 14.0. The Morgan fingerprint density at radius 2 is 0.864 bits per heavy atom. The Labute approximate surface area is 258 Å². The van der Waals surface area contributed by atoms with Crippen LogP contribution < -0.4 is 28.4 Å². The van der Waals surface area contributed by atoms with Gasteiger partial charge in [0.15, 0.2) is 34.5 Å². The van der Waals surface area contributed by atoms with E-state index in [1.54, 1.807) is 24.3 Å². The lowest BCUT2D eigenvalue weighted by molar-refractivity contribution is -0.131. The summed E-state index contributed by atoms with van der Waals surface area (Å²) in [7, 11) is 6.03. The van der Waals surface area contributed by atoms with Crippen LogP contribution in [0.25, 0.3) is 11.5 Å². The second-order valence-electron chi connectivity index (χ2n) is 10.4. The minimum absolute atomic E-state index is 0.0107. The van der Waals surface area contributed by atoms with E-state index in [2.05, 4.69) is 13.8 Å². The van der Waals surface area contributed by atoms with Crippen LogP contribution in [0.2, 0.25) is 0 Å². The molecule has 0 bridgehead atoms. The Kier molecular flexibility index (Phi) is 11.4. The van der Waals surface area contributed by atoms with Crippen molar-refractivity contribution < 1.29 is 47.5 Å². The summed E-state index contributed by atoms with van der Waals surface area (Å²) >= 11 is 0. The number of carbonyl (C=O) groups is 2. The molecule has 0 atom stereocenters. The van der Waals surface area contributed by atoms with Crippen molar-refractivity contribution in [3.8, 4) is 34.5 Å². The van der Waals surface area contributed by atoms with Crippen LogP contribution in [-0.4, -0.2) is 53.6 Å². The van der Waals surface area contributed by atoms with Gasteiger partial charge in [-0.1, -0.05) is 52.4 Å². The van der Waals surface area contributed by atoms with Crippen LogP contribution in [-0.2, 0) is 19.1 Å². The number of esters is 2. The molecule has 2 aromatic rings. The van der Waals surface area contributed by atoms with Crippen LogP contribution in [0.1, 0.15) is 76.3 Å². The molecular weight excluding hydrogens is 568 g/mol. The van der Waals surface area contributed by atoms with Gasteiger partial charge in [-0.15, -0.1) is 0 Å². The number of cyclic esters (lactones) is 2. The fourth-order valence-electron chi connectivity index (χ4n) is 5.13. The highest BCUT2D eigenvalue weighted by molar-refractivity contribution is 6.24. The molecule has 0 fully saturated rings. The fourth-order valence-corrected chi connectivity index (χ4v) is 5.13. The molecule has 2 aliphatic heterocycles. The van der Waals surface area contributed by atoms with Gasteiger partial charge in [0, 0.05) is 11.1 Å². The standard InChI is InChI=1S/C34H42O10/c1-7-9-11-13-15-41-31-23(37-3)17-21(18-24(31)38-4)29-27-28(34(36)43-29)30(44-33(27)35)22-19-25(39-5)32(26(20-22)40-6)42-16-14-12-10-8-2/h17-20H,7-16H2,1-6H3. The van der Waals surface area contributed by atoms with E-state index in [-0.39, 0.29) is 22.7 Å². The van der Waals surface area contributed by atoms with E-state index in [0.29, 0.717) is 58.8 Å². The Balaban J connectivity index is 1.70. The van der Waals surface area contributed by atoms with Gasteiger partial charge < -0.3 is 37.9 Å². The van der Waals surface area contributed by atoms with E-state index in [1.165, 1.54) is 28.4 Å². The van der Waals surface area contributed by atoms with Gasteiger partial charge in [-0.2, -0.15) is 0 Å². The molecule has 0 amide bonds. The van der Waals surface area contributed by atoms with Crippen molar-refractivity contribution in [3.05, 3.63) is 46.5 Å². The largest absolute Gasteiger partial charge is 0.493 e. The highest BCUT2D eigenvalue weighted by Crippen LogP contribution is 2.49. The lowest BCUT2D eigenvalue weighted by atomic mass is 10.0. The van der Waals surface area contributed by atoms with Crippen molar-refractivity contribution in [1.82, 2.24) is 0 Å². The third-order valence-corrected chi connectivity index (χ3v) is 7.44. The van der Waals surface area contributed by atoms with Crippen molar-refractivity contribution in [2.24, 2.45) is 0 Å². The summed E-state index contributed by atoms with van der Waals surface area (Å²) in [5, 5.41) is 0. The van der Waals surface area contributed by atoms with Crippen LogP contribution in [0.15, 0.2) is 35.4 Å². The Morgan fingerprint density at radius 1 is 0.523 bits per heavy atom. The SMILES string of the molecule is CCCCCCOc1c(OC)cc(C2=C3C(=O)OC(c4cc(OC)c(OCCCCCC)c(OC)c4)=C3C(=O)O2)cc1OC. The predicted octanol–water partition coefficient (Wildman–Crippen LogP) is 6.88. The van der Waals surface area contributed by atoms with E-state index in [0.717, 1.165) is 51.4 Å². The average molecular weight is 611 g/mol. The summed E-state index contributed by atoms with van der Waals surface area (Å²) < 4.78 is 45.7. The zero-order valence-corrected chi connectivity index (χ0v) is 26.5. The van der Waals surface area contributed by atoms with E-state index < -0.39 is 11.9 Å². The summed E-state index contributed by atoms with van der Waals surface area (Å²) in [6.45, 7) is 5.28. The Hall–Kier alpha value is -4.34. The molecule has 0 aliphatic carbocycles. The molecule has 2 aliphatic rings. The van der Waals surface area contributed by atoms with Crippen LogP contribution in [0.3, 0.4) is 0 Å². The van der Waals surface area contributed by atoms with Gasteiger partial charge >= 0.3 is 11.9 Å². The Morgan fingerprint density at radius 3 is 1.16 bits per heavy atom. The minimum atomic E-state index is -0.723. The number of fused-ring (bicyclic) bond motifs is 1. The molecule has 0 saturated carbocycles. The summed E-state index contributed by atoms with van der Waals surface area (Å²) in [6.07, 6.45) is 8.39. The average Bonchev–Trinajstić information content (AvgIpc) is 3.57. The maximum Gasteiger partial charge on any atom is 0.348 e. The highest BCUT2D eigenvalue weighted by Gasteiger charge is 2.46. The van der Waals surface area contributed by atoms with E-state index in [9.17, 15) is 9.59 Å². The van der Waals surface area contributed by atoms with Crippen molar-refractivity contribution >= 4 is 23.5 Å². The monoisotopic (exact) mass is 610 g/mol. The lowest BCUT2D eigenvalue weighted by Gasteiger charge is -2.17. The molecule has 10 heteroatoms. The van der Waals surface area contributed by atoms with Gasteiger partial charge in [0.05, 0.1) is 41.7 Å². The van der Waals surface area contributed by atoms with Gasteiger partial charge in [-0.3, -0.25) is 0 Å². The van der Waals surface area contributed by atoms with Crippen LogP contribution in [0, 0.1) is 0 Å². The molecule has 10 nitrogen and oxygen atoms in total. The number of unbranched alkanes of at least 4 members (excludes halogenated alkanes) is 6. The Bertz CT molecular complexity index is 1260. The second kappa shape index (κ2) is 15.4. The number of hydrogen-bond donors (Lipinski definition) is 0. The van der Waals surface area contributed by atoms with Gasteiger partial charge in [-0.05, 0) is 37.1 Å². The molecule has 0 spiro atoms. The summed E-state index contributed by atoms with van der Waals surface area (Å²) in [5.41, 5.74) is 0.819. The highest BCUT2D eigenvalue weighted by atomic mass is 16.6. The fraction of sp³-hybridized carbons (Fsp3) is 0.471. The van der Waals surface area contributed by atoms with E-state index in [1.807, 2.05) is 0 Å². The third-order valence-electron chi connectivity index (χ3n) is 7.44. The van der Waals surface area contributed by atoms with E-state index >= 15 is 0 Å². The van der Waals surface area contributed by atoms with Crippen molar-refractivity contribution in [3.63, 3.8) is 0 Å². The number of benzene rings is 2. The van der Waals surface area contributed by atoms with Crippen LogP contribution >= 0.6 is 0 Å². The molecule has 2 aromatic carbocycles. The molecule has 238 valence electrons. The number of carbonyl (C=O) groups excluding carboxylic acids is 2. The first-order valence-corrected chi connectivity index (χ1v) is 15.1. The van der Waals surface area contributed by atoms with Gasteiger partial charge in [0.1, 0.15) is 11.1 Å². The summed E-state index contributed by atoms with van der Waals surface area (Å²) in [6, 6.07) is 6.58. The first-order valence-electron chi connectivity index (χ1n) is 15.1. The maximum atomic E-state index is 13.2. The quantitative estimate of drug-likeness (QED) is 0.131. The predicted molar refractivity (Wildman–Crippen MR) is 164 cm³/mol. The van der Waals surface area contributed by atoms with Gasteiger partial charge in [0.25, 0.3) is 0 Å². The van der Waals surface area contributed by atoms with Crippen LogP contribution in [0.4, 0.5) is 0 Å². The molecule has 0 N–H and O–H groups in total. The second-order valence-corrected chi connectivity index (χ2v) is 10.4. The first kappa shape index (κ1) is 32.6. The van der Waals surface area contributed by atoms with Crippen molar-refractivity contribution in [2.45, 2.75) is 65.2 Å². The van der Waals surface area contributed by atoms with Gasteiger partial charge in [0.2, 0.25) is 11.5 Å². The summed E-state index contributed by atoms with van der Waals surface area (Å²) in [4.78, 5) is 26.5. The van der Waals surface area contributed by atoms with E-state index in [4.69, 9.17) is 37.9 Å². The number of methoxy groups -OCH3 is 4. The molecule has 2 heterocycles. The lowest BCUT2D eigenvalue weighted by Crippen LogP contribution is -2.05. The molecule has 0 saturated heterocycles. The molecule has 44 heavy (non-hydrogen) atoms. The topological polar surface area (TPSA) is 108 Å². The maximum absolute atomic E-state index is 13.2. The minimum Gasteiger partial charge on any atom is -0.493 e. The number of rotatable bonds is 18. The zero-order chi connectivity index (χ0) is 31.6. The molecular formula is C34H42O10. The molecule has 0 unspecified atom stereocenters. The van der Waals surface area contributed by atoms with Crippen molar-refractivity contribution in [2.75, 3.05) is 41.7 Å². The van der Waals surface area contributed by atoms with Crippen LogP contribution in [0.5, 0.6) is 34.5 Å². The molecule has 0 radical (unpaired) electrons. The zero-order valence-electron chi connectivity index (χ0n) is 26.5. The third kappa shape index (κ3) is 6.90. The molecule has 0 aromatic heterocycles. The number of ether oxygens (including phenoxy) is 8. The first-order chi connectivity index (χ1) is 21.4. The number of hydrogen-bond acceptors (Lipinski definition) is 10. The smallest absolute Gasteiger partial charge is 0.348 e. The summed E-state index contributed by atoms with van der Waals surface area (Å²) in [5.74, 6) is 1.02.